The molecule has 0 saturated heterocycles. The third-order valence-corrected chi connectivity index (χ3v) is 5.89. The fourth-order valence-electron chi connectivity index (χ4n) is 3.13. The highest BCUT2D eigenvalue weighted by Gasteiger charge is 2.31. The Morgan fingerprint density at radius 2 is 1.60 bits per heavy atom. The third kappa shape index (κ3) is 2.22. The number of allylic oxidation sites excluding steroid dienone is 2. The van der Waals surface area contributed by atoms with Crippen LogP contribution in [0.2, 0.25) is 0 Å². The van der Waals surface area contributed by atoms with Crippen LogP contribution in [0.25, 0.3) is 15.7 Å². The van der Waals surface area contributed by atoms with Crippen molar-refractivity contribution < 1.29 is 9.59 Å². The topological polar surface area (TPSA) is 51.2 Å². The summed E-state index contributed by atoms with van der Waals surface area (Å²) in [6, 6.07) is 11.7. The van der Waals surface area contributed by atoms with E-state index in [1.54, 1.807) is 42.5 Å². The van der Waals surface area contributed by atoms with Gasteiger partial charge >= 0.3 is 0 Å². The molecule has 2 aromatic carbocycles. The molecule has 3 aromatic rings. The maximum atomic E-state index is 13.1. The van der Waals surface area contributed by atoms with E-state index >= 15 is 0 Å². The lowest BCUT2D eigenvalue weighted by atomic mass is 9.83. The molecule has 4 heteroatoms. The van der Waals surface area contributed by atoms with Gasteiger partial charge in [-0.1, -0.05) is 30.3 Å². The lowest BCUT2D eigenvalue weighted by Gasteiger charge is -2.18. The first-order valence-corrected chi connectivity index (χ1v) is 8.77. The van der Waals surface area contributed by atoms with Crippen molar-refractivity contribution in [1.29, 1.82) is 0 Å². The molecule has 0 aliphatic heterocycles. The van der Waals surface area contributed by atoms with Crippen molar-refractivity contribution in [2.45, 2.75) is 13.8 Å². The summed E-state index contributed by atoms with van der Waals surface area (Å²) in [5.41, 5.74) is 2.40. The Kier molecular flexibility index (Phi) is 3.51. The van der Waals surface area contributed by atoms with E-state index < -0.39 is 0 Å². The van der Waals surface area contributed by atoms with Crippen molar-refractivity contribution in [3.05, 3.63) is 85.9 Å². The predicted octanol–water partition coefficient (Wildman–Crippen LogP) is 4.46. The number of carbonyl (C=O) groups is 2. The van der Waals surface area contributed by atoms with Crippen LogP contribution in [0.5, 0.6) is 0 Å². The number of hydrogen-bond acceptors (Lipinski definition) is 4. The molecule has 0 spiro atoms. The smallest absolute Gasteiger partial charge is 0.195 e. The van der Waals surface area contributed by atoms with Crippen molar-refractivity contribution in [1.82, 2.24) is 0 Å². The highest BCUT2D eigenvalue weighted by molar-refractivity contribution is 7.19. The summed E-state index contributed by atoms with van der Waals surface area (Å²) in [7, 11) is 0. The standard InChI is InChI=1S/C21H14O3S/c1-3-11(2)17-10-16(22)14-8-9-15-18(21(14)25-17)20(24)13-7-5-4-6-12(13)19(15)23/h3-10H,1-2H3/b11-3+. The van der Waals surface area contributed by atoms with Crippen molar-refractivity contribution in [3.63, 3.8) is 0 Å². The van der Waals surface area contributed by atoms with Gasteiger partial charge in [0, 0.05) is 33.0 Å². The molecule has 0 radical (unpaired) electrons. The molecule has 1 aliphatic carbocycles. The second-order valence-electron chi connectivity index (χ2n) is 6.02. The highest BCUT2D eigenvalue weighted by atomic mass is 32.1. The van der Waals surface area contributed by atoms with E-state index in [0.29, 0.717) is 32.3 Å². The molecule has 0 unspecified atom stereocenters. The molecule has 3 nitrogen and oxygen atoms in total. The second kappa shape index (κ2) is 5.60. The average Bonchev–Trinajstić information content (AvgIpc) is 2.64. The van der Waals surface area contributed by atoms with Gasteiger partial charge in [0.05, 0.1) is 10.3 Å². The second-order valence-corrected chi connectivity index (χ2v) is 7.07. The Bertz CT molecular complexity index is 1170. The Labute approximate surface area is 148 Å². The van der Waals surface area contributed by atoms with E-state index in [9.17, 15) is 14.4 Å². The summed E-state index contributed by atoms with van der Waals surface area (Å²) >= 11 is 1.39. The minimum Gasteiger partial charge on any atom is -0.289 e. The summed E-state index contributed by atoms with van der Waals surface area (Å²) in [4.78, 5) is 39.2. The lowest BCUT2D eigenvalue weighted by Crippen LogP contribution is -2.21. The first kappa shape index (κ1) is 15.7. The maximum Gasteiger partial charge on any atom is 0.195 e. The van der Waals surface area contributed by atoms with Crippen molar-refractivity contribution in [3.8, 4) is 0 Å². The number of carbonyl (C=O) groups excluding carboxylic acids is 2. The van der Waals surface area contributed by atoms with Crippen LogP contribution in [0.15, 0.2) is 53.3 Å². The Morgan fingerprint density at radius 3 is 2.28 bits per heavy atom. The van der Waals surface area contributed by atoms with E-state index in [-0.39, 0.29) is 17.0 Å². The number of rotatable bonds is 1. The van der Waals surface area contributed by atoms with Crippen LogP contribution in [0.3, 0.4) is 0 Å². The third-order valence-electron chi connectivity index (χ3n) is 4.61. The quantitative estimate of drug-likeness (QED) is 0.511. The van der Waals surface area contributed by atoms with Crippen LogP contribution < -0.4 is 5.43 Å². The largest absolute Gasteiger partial charge is 0.289 e. The summed E-state index contributed by atoms with van der Waals surface area (Å²) in [6.07, 6.45) is 1.93. The first-order chi connectivity index (χ1) is 12.0. The Balaban J connectivity index is 2.12. The molecular weight excluding hydrogens is 332 g/mol. The van der Waals surface area contributed by atoms with Gasteiger partial charge in [-0.3, -0.25) is 14.4 Å². The number of benzene rings is 2. The van der Waals surface area contributed by atoms with Gasteiger partial charge in [-0.05, 0) is 31.6 Å². The van der Waals surface area contributed by atoms with E-state index in [1.807, 2.05) is 19.9 Å². The first-order valence-electron chi connectivity index (χ1n) is 7.95. The summed E-state index contributed by atoms with van der Waals surface area (Å²) in [5, 5.41) is 0.483. The molecule has 0 N–H and O–H groups in total. The average molecular weight is 346 g/mol. The summed E-state index contributed by atoms with van der Waals surface area (Å²) in [6.45, 7) is 3.83. The van der Waals surface area contributed by atoms with E-state index in [0.717, 1.165) is 10.5 Å². The van der Waals surface area contributed by atoms with Gasteiger partial charge in [0.25, 0.3) is 0 Å². The van der Waals surface area contributed by atoms with Crippen LogP contribution >= 0.6 is 11.3 Å². The van der Waals surface area contributed by atoms with Crippen LogP contribution in [0, 0.1) is 0 Å². The zero-order valence-corrected chi connectivity index (χ0v) is 14.6. The van der Waals surface area contributed by atoms with Crippen LogP contribution in [0.4, 0.5) is 0 Å². The van der Waals surface area contributed by atoms with Crippen LogP contribution in [-0.4, -0.2) is 11.6 Å². The minimum absolute atomic E-state index is 0.133. The van der Waals surface area contributed by atoms with Crippen LogP contribution in [-0.2, 0) is 0 Å². The number of hydrogen-bond donors (Lipinski definition) is 0. The molecule has 25 heavy (non-hydrogen) atoms. The number of fused-ring (bicyclic) bond motifs is 4. The minimum atomic E-state index is -0.193. The Morgan fingerprint density at radius 1 is 0.920 bits per heavy atom. The number of ketones is 2. The normalized spacial score (nSPS) is 13.8. The van der Waals surface area contributed by atoms with Crippen molar-refractivity contribution in [2.24, 2.45) is 0 Å². The monoisotopic (exact) mass is 346 g/mol. The molecule has 0 fully saturated rings. The van der Waals surface area contributed by atoms with Crippen LogP contribution in [0.1, 0.15) is 50.6 Å². The molecular formula is C21H14O3S. The molecule has 1 aliphatic rings. The fourth-order valence-corrected chi connectivity index (χ4v) is 4.38. The SMILES string of the molecule is C/C=C(\C)c1cc(=O)c2ccc3c(c2s1)C(=O)c1ccccc1C3=O. The summed E-state index contributed by atoms with van der Waals surface area (Å²) < 4.78 is 0.592. The zero-order chi connectivity index (χ0) is 17.7. The van der Waals surface area contributed by atoms with Gasteiger partial charge < -0.3 is 0 Å². The fraction of sp³-hybridized carbons (Fsp3) is 0.0952. The van der Waals surface area contributed by atoms with E-state index in [1.165, 1.54) is 11.3 Å². The van der Waals surface area contributed by atoms with Gasteiger partial charge in [-0.2, -0.15) is 0 Å². The molecule has 122 valence electrons. The Hall–Kier alpha value is -2.85. The van der Waals surface area contributed by atoms with Gasteiger partial charge in [-0.25, -0.2) is 0 Å². The molecule has 4 rings (SSSR count). The molecule has 1 aromatic heterocycles. The summed E-state index contributed by atoms with van der Waals surface area (Å²) in [5.74, 6) is -0.360. The molecule has 0 amide bonds. The zero-order valence-electron chi connectivity index (χ0n) is 13.8. The molecule has 0 bridgehead atoms. The van der Waals surface area contributed by atoms with Gasteiger partial charge in [-0.15, -0.1) is 11.3 Å². The molecule has 0 atom stereocenters. The predicted molar refractivity (Wildman–Crippen MR) is 101 cm³/mol. The van der Waals surface area contributed by atoms with Gasteiger partial charge in [0.1, 0.15) is 0 Å². The molecule has 0 saturated carbocycles. The maximum absolute atomic E-state index is 13.1. The van der Waals surface area contributed by atoms with Gasteiger partial charge in [0.2, 0.25) is 0 Å². The van der Waals surface area contributed by atoms with Gasteiger partial charge in [0.15, 0.2) is 17.0 Å². The lowest BCUT2D eigenvalue weighted by molar-refractivity contribution is 0.0980. The van der Waals surface area contributed by atoms with Crippen molar-refractivity contribution >= 4 is 38.6 Å². The van der Waals surface area contributed by atoms with E-state index in [4.69, 9.17) is 0 Å². The van der Waals surface area contributed by atoms with E-state index in [2.05, 4.69) is 0 Å². The highest BCUT2D eigenvalue weighted by Crippen LogP contribution is 2.35. The van der Waals surface area contributed by atoms with Crippen molar-refractivity contribution in [2.75, 3.05) is 0 Å². The molecule has 1 heterocycles.